The summed E-state index contributed by atoms with van der Waals surface area (Å²) in [5.74, 6) is -2.00. The number of carboxylic acid groups (broad SMARTS) is 1. The van der Waals surface area contributed by atoms with Crippen LogP contribution in [0.4, 0.5) is 4.39 Å². The van der Waals surface area contributed by atoms with E-state index in [9.17, 15) is 14.0 Å². The van der Waals surface area contributed by atoms with Crippen LogP contribution >= 0.6 is 0 Å². The summed E-state index contributed by atoms with van der Waals surface area (Å²) in [7, 11) is 0. The number of nitrogens with one attached hydrogen (secondary N) is 1. The fraction of sp³-hybridized carbons (Fsp3) is 0.385. The lowest BCUT2D eigenvalue weighted by Crippen LogP contribution is -2.40. The molecular formula is C13H16FNO3. The quantitative estimate of drug-likeness (QED) is 0.816. The van der Waals surface area contributed by atoms with Crippen molar-refractivity contribution in [2.75, 3.05) is 0 Å². The van der Waals surface area contributed by atoms with Crippen LogP contribution in [0.15, 0.2) is 24.3 Å². The number of unbranched alkanes of at least 4 members (excludes halogenated alkanes) is 1. The number of aliphatic carboxylic acids is 1. The van der Waals surface area contributed by atoms with Crippen LogP contribution in [0.2, 0.25) is 0 Å². The Balaban J connectivity index is 2.66. The Hall–Kier alpha value is -1.91. The molecule has 0 fully saturated rings. The molecule has 0 aliphatic heterocycles. The maximum atomic E-state index is 12.7. The van der Waals surface area contributed by atoms with Crippen molar-refractivity contribution in [2.24, 2.45) is 0 Å². The lowest BCUT2D eigenvalue weighted by molar-refractivity contribution is -0.139. The second kappa shape index (κ2) is 6.74. The molecule has 5 heteroatoms. The molecule has 0 saturated heterocycles. The third-order valence-corrected chi connectivity index (χ3v) is 2.56. The second-order valence-corrected chi connectivity index (χ2v) is 4.01. The number of amides is 1. The maximum absolute atomic E-state index is 12.7. The van der Waals surface area contributed by atoms with E-state index in [2.05, 4.69) is 5.32 Å². The molecular weight excluding hydrogens is 237 g/mol. The molecule has 1 aromatic carbocycles. The first-order chi connectivity index (χ1) is 8.54. The topological polar surface area (TPSA) is 66.4 Å². The van der Waals surface area contributed by atoms with Gasteiger partial charge in [0.2, 0.25) is 0 Å². The zero-order valence-corrected chi connectivity index (χ0v) is 10.1. The van der Waals surface area contributed by atoms with Gasteiger partial charge in [-0.2, -0.15) is 0 Å². The number of hydrogen-bond donors (Lipinski definition) is 2. The Morgan fingerprint density at radius 3 is 2.44 bits per heavy atom. The van der Waals surface area contributed by atoms with Gasteiger partial charge in [0, 0.05) is 5.56 Å². The van der Waals surface area contributed by atoms with Gasteiger partial charge < -0.3 is 10.4 Å². The van der Waals surface area contributed by atoms with Crippen LogP contribution < -0.4 is 5.32 Å². The summed E-state index contributed by atoms with van der Waals surface area (Å²) >= 11 is 0. The Kier molecular flexibility index (Phi) is 5.30. The summed E-state index contributed by atoms with van der Waals surface area (Å²) in [6, 6.07) is 4.07. The molecule has 0 bridgehead atoms. The molecule has 0 aliphatic rings. The number of benzene rings is 1. The summed E-state index contributed by atoms with van der Waals surface area (Å²) in [5.41, 5.74) is 0.249. The molecule has 2 N–H and O–H groups in total. The number of carboxylic acids is 1. The Morgan fingerprint density at radius 2 is 1.94 bits per heavy atom. The maximum Gasteiger partial charge on any atom is 0.326 e. The van der Waals surface area contributed by atoms with Crippen LogP contribution in [-0.4, -0.2) is 23.0 Å². The van der Waals surface area contributed by atoms with Crippen molar-refractivity contribution >= 4 is 11.9 Å². The first-order valence-electron chi connectivity index (χ1n) is 5.83. The van der Waals surface area contributed by atoms with Crippen LogP contribution in [0.25, 0.3) is 0 Å². The highest BCUT2D eigenvalue weighted by Crippen LogP contribution is 2.05. The van der Waals surface area contributed by atoms with E-state index in [0.29, 0.717) is 6.42 Å². The van der Waals surface area contributed by atoms with Crippen molar-refractivity contribution in [3.05, 3.63) is 35.6 Å². The van der Waals surface area contributed by atoms with Gasteiger partial charge in [0.05, 0.1) is 0 Å². The van der Waals surface area contributed by atoms with Crippen LogP contribution in [0, 0.1) is 5.82 Å². The van der Waals surface area contributed by atoms with E-state index in [-0.39, 0.29) is 5.56 Å². The lowest BCUT2D eigenvalue weighted by atomic mass is 10.1. The van der Waals surface area contributed by atoms with Crippen molar-refractivity contribution in [1.29, 1.82) is 0 Å². The van der Waals surface area contributed by atoms with E-state index in [1.165, 1.54) is 12.1 Å². The molecule has 0 aromatic heterocycles. The minimum atomic E-state index is -1.06. The summed E-state index contributed by atoms with van der Waals surface area (Å²) < 4.78 is 12.7. The molecule has 0 aliphatic carbocycles. The van der Waals surface area contributed by atoms with E-state index in [4.69, 9.17) is 5.11 Å². The number of halogens is 1. The summed E-state index contributed by atoms with van der Waals surface area (Å²) in [6.07, 6.45) is 1.97. The van der Waals surface area contributed by atoms with Crippen LogP contribution in [0.5, 0.6) is 0 Å². The van der Waals surface area contributed by atoms with E-state index in [1.54, 1.807) is 0 Å². The van der Waals surface area contributed by atoms with Gasteiger partial charge in [0.25, 0.3) is 5.91 Å². The normalized spacial score (nSPS) is 11.9. The molecule has 1 atom stereocenters. The number of carbonyl (C=O) groups is 2. The van der Waals surface area contributed by atoms with Crippen LogP contribution in [-0.2, 0) is 4.79 Å². The molecule has 98 valence electrons. The fourth-order valence-corrected chi connectivity index (χ4v) is 1.51. The molecule has 1 amide bonds. The molecule has 0 radical (unpaired) electrons. The minimum absolute atomic E-state index is 0.249. The third-order valence-electron chi connectivity index (χ3n) is 2.56. The van der Waals surface area contributed by atoms with Crippen molar-refractivity contribution < 1.29 is 19.1 Å². The summed E-state index contributed by atoms with van der Waals surface area (Å²) in [4.78, 5) is 22.7. The molecule has 1 aromatic rings. The van der Waals surface area contributed by atoms with E-state index in [1.807, 2.05) is 6.92 Å². The van der Waals surface area contributed by atoms with Gasteiger partial charge in [-0.05, 0) is 30.7 Å². The molecule has 0 spiro atoms. The van der Waals surface area contributed by atoms with Crippen molar-refractivity contribution in [2.45, 2.75) is 32.2 Å². The smallest absolute Gasteiger partial charge is 0.326 e. The molecule has 4 nitrogen and oxygen atoms in total. The highest BCUT2D eigenvalue weighted by Gasteiger charge is 2.19. The van der Waals surface area contributed by atoms with Gasteiger partial charge in [0.1, 0.15) is 11.9 Å². The van der Waals surface area contributed by atoms with Gasteiger partial charge in [-0.15, -0.1) is 0 Å². The monoisotopic (exact) mass is 253 g/mol. The van der Waals surface area contributed by atoms with E-state index < -0.39 is 23.7 Å². The predicted octanol–water partition coefficient (Wildman–Crippen LogP) is 2.20. The fourth-order valence-electron chi connectivity index (χ4n) is 1.51. The minimum Gasteiger partial charge on any atom is -0.480 e. The summed E-state index contributed by atoms with van der Waals surface area (Å²) in [5, 5.41) is 11.4. The number of rotatable bonds is 6. The zero-order chi connectivity index (χ0) is 13.5. The first-order valence-corrected chi connectivity index (χ1v) is 5.83. The highest BCUT2D eigenvalue weighted by atomic mass is 19.1. The van der Waals surface area contributed by atoms with Crippen molar-refractivity contribution in [3.63, 3.8) is 0 Å². The average Bonchev–Trinajstić information content (AvgIpc) is 2.34. The average molecular weight is 253 g/mol. The highest BCUT2D eigenvalue weighted by molar-refractivity contribution is 5.96. The standard InChI is InChI=1S/C13H16FNO3/c1-2-3-4-11(13(17)18)15-12(16)9-5-7-10(14)8-6-9/h5-8,11H,2-4H2,1H3,(H,15,16)(H,17,18). The van der Waals surface area contributed by atoms with Crippen LogP contribution in [0.1, 0.15) is 36.5 Å². The second-order valence-electron chi connectivity index (χ2n) is 4.01. The van der Waals surface area contributed by atoms with Crippen LogP contribution in [0.3, 0.4) is 0 Å². The molecule has 18 heavy (non-hydrogen) atoms. The van der Waals surface area contributed by atoms with E-state index >= 15 is 0 Å². The van der Waals surface area contributed by atoms with Gasteiger partial charge >= 0.3 is 5.97 Å². The SMILES string of the molecule is CCCCC(NC(=O)c1ccc(F)cc1)C(=O)O. The summed E-state index contributed by atoms with van der Waals surface area (Å²) in [6.45, 7) is 1.95. The van der Waals surface area contributed by atoms with Gasteiger partial charge in [-0.3, -0.25) is 4.79 Å². The molecule has 0 saturated carbocycles. The van der Waals surface area contributed by atoms with Crippen molar-refractivity contribution in [3.8, 4) is 0 Å². The Bertz CT molecular complexity index is 417. The Morgan fingerprint density at radius 1 is 1.33 bits per heavy atom. The van der Waals surface area contributed by atoms with Gasteiger partial charge in [-0.25, -0.2) is 9.18 Å². The predicted molar refractivity (Wildman–Crippen MR) is 64.8 cm³/mol. The zero-order valence-electron chi connectivity index (χ0n) is 10.1. The molecule has 1 unspecified atom stereocenters. The third kappa shape index (κ3) is 4.16. The first kappa shape index (κ1) is 14.2. The number of carbonyl (C=O) groups excluding carboxylic acids is 1. The molecule has 1 rings (SSSR count). The number of hydrogen-bond acceptors (Lipinski definition) is 2. The largest absolute Gasteiger partial charge is 0.480 e. The van der Waals surface area contributed by atoms with E-state index in [0.717, 1.165) is 25.0 Å². The van der Waals surface area contributed by atoms with Gasteiger partial charge in [0.15, 0.2) is 0 Å². The molecule has 0 heterocycles. The Labute approximate surface area is 105 Å². The van der Waals surface area contributed by atoms with Gasteiger partial charge in [-0.1, -0.05) is 19.8 Å². The lowest BCUT2D eigenvalue weighted by Gasteiger charge is -2.13. The van der Waals surface area contributed by atoms with Crippen molar-refractivity contribution in [1.82, 2.24) is 5.32 Å².